The molecule has 6 heteroatoms. The molecule has 1 aromatic heterocycles. The summed E-state index contributed by atoms with van der Waals surface area (Å²) in [5, 5.41) is 5.51. The lowest BCUT2D eigenvalue weighted by atomic mass is 9.99. The molecule has 1 amide bonds. The molecular formula is C15H24N2O3S. The van der Waals surface area contributed by atoms with E-state index in [0.29, 0.717) is 13.2 Å². The molecule has 1 aliphatic heterocycles. The third kappa shape index (κ3) is 3.29. The molecular weight excluding hydrogens is 288 g/mol. The fraction of sp³-hybridized carbons (Fsp3) is 0.667. The number of carbonyl (C=O) groups excluding carboxylic acids is 1. The van der Waals surface area contributed by atoms with Gasteiger partial charge in [-0.15, -0.1) is 11.3 Å². The summed E-state index contributed by atoms with van der Waals surface area (Å²) in [6.07, 6.45) is 0.547. The Morgan fingerprint density at radius 3 is 2.81 bits per heavy atom. The Labute approximate surface area is 130 Å². The summed E-state index contributed by atoms with van der Waals surface area (Å²) in [4.78, 5) is 15.8. The maximum atomic E-state index is 12.8. The van der Waals surface area contributed by atoms with E-state index in [1.807, 2.05) is 30.2 Å². The topological polar surface area (TPSA) is 50.8 Å². The molecule has 0 saturated carbocycles. The van der Waals surface area contributed by atoms with Crippen LogP contribution in [0, 0.1) is 0 Å². The van der Waals surface area contributed by atoms with E-state index in [-0.39, 0.29) is 18.2 Å². The molecule has 0 radical (unpaired) electrons. The van der Waals surface area contributed by atoms with E-state index < -0.39 is 5.54 Å². The number of thiophene rings is 1. The molecule has 3 atom stereocenters. The zero-order chi connectivity index (χ0) is 15.5. The fourth-order valence-electron chi connectivity index (χ4n) is 2.59. The Hall–Kier alpha value is -0.950. The highest BCUT2D eigenvalue weighted by Crippen LogP contribution is 2.34. The van der Waals surface area contributed by atoms with E-state index in [0.717, 1.165) is 11.3 Å². The summed E-state index contributed by atoms with van der Waals surface area (Å²) < 4.78 is 10.6. The van der Waals surface area contributed by atoms with Crippen LogP contribution in [0.15, 0.2) is 17.5 Å². The average Bonchev–Trinajstić information content (AvgIpc) is 3.09. The number of nitrogens with zero attached hydrogens (tertiary/aromatic N) is 1. The molecule has 5 nitrogen and oxygen atoms in total. The van der Waals surface area contributed by atoms with Gasteiger partial charge in [0, 0.05) is 19.1 Å². The molecule has 2 rings (SSSR count). The standard InChI is InChI=1S/C15H24N2O3S/c1-5-15(2)14(18)17(9-11(20-4)10-19-3)13(16-15)12-7-6-8-21-12/h6-8,11,13,16H,5,9-10H2,1-4H3. The lowest BCUT2D eigenvalue weighted by molar-refractivity contribution is -0.135. The smallest absolute Gasteiger partial charge is 0.244 e. The molecule has 1 saturated heterocycles. The van der Waals surface area contributed by atoms with Crippen molar-refractivity contribution >= 4 is 17.2 Å². The number of carbonyl (C=O) groups is 1. The Bertz CT molecular complexity index is 465. The number of amides is 1. The zero-order valence-electron chi connectivity index (χ0n) is 13.1. The molecule has 0 spiro atoms. The SMILES string of the molecule is CCC1(C)NC(c2cccs2)N(CC(COC)OC)C1=O. The number of rotatable bonds is 7. The highest BCUT2D eigenvalue weighted by Gasteiger charge is 2.48. The molecule has 1 fully saturated rings. The van der Waals surface area contributed by atoms with Crippen LogP contribution in [-0.4, -0.2) is 49.8 Å². The third-order valence-corrected chi connectivity index (χ3v) is 5.03. The first-order valence-electron chi connectivity index (χ1n) is 7.19. The van der Waals surface area contributed by atoms with E-state index in [9.17, 15) is 4.79 Å². The molecule has 118 valence electrons. The van der Waals surface area contributed by atoms with Crippen molar-refractivity contribution in [2.45, 2.75) is 38.1 Å². The minimum atomic E-state index is -0.514. The first-order chi connectivity index (χ1) is 10.1. The predicted octanol–water partition coefficient (Wildman–Crippen LogP) is 2.01. The number of hydrogen-bond acceptors (Lipinski definition) is 5. The van der Waals surface area contributed by atoms with Gasteiger partial charge in [0.05, 0.1) is 24.8 Å². The van der Waals surface area contributed by atoms with E-state index in [2.05, 4.69) is 11.4 Å². The van der Waals surface area contributed by atoms with Gasteiger partial charge >= 0.3 is 0 Å². The number of nitrogens with one attached hydrogen (secondary N) is 1. The third-order valence-electron chi connectivity index (χ3n) is 4.11. The number of ether oxygens (including phenoxy) is 2. The monoisotopic (exact) mass is 312 g/mol. The van der Waals surface area contributed by atoms with E-state index in [1.165, 1.54) is 0 Å². The molecule has 1 aliphatic rings. The van der Waals surface area contributed by atoms with Crippen molar-refractivity contribution in [2.75, 3.05) is 27.4 Å². The van der Waals surface area contributed by atoms with E-state index in [1.54, 1.807) is 25.6 Å². The Balaban J connectivity index is 2.23. The van der Waals surface area contributed by atoms with Gasteiger partial charge in [-0.25, -0.2) is 0 Å². The van der Waals surface area contributed by atoms with Gasteiger partial charge in [-0.2, -0.15) is 0 Å². The fourth-order valence-corrected chi connectivity index (χ4v) is 3.38. The van der Waals surface area contributed by atoms with Crippen LogP contribution in [0.25, 0.3) is 0 Å². The van der Waals surface area contributed by atoms with Crippen molar-refractivity contribution in [2.24, 2.45) is 0 Å². The van der Waals surface area contributed by atoms with Crippen LogP contribution in [0.4, 0.5) is 0 Å². The summed E-state index contributed by atoms with van der Waals surface area (Å²) in [5.41, 5.74) is -0.514. The van der Waals surface area contributed by atoms with Gasteiger partial charge in [-0.1, -0.05) is 13.0 Å². The van der Waals surface area contributed by atoms with Crippen LogP contribution in [-0.2, 0) is 14.3 Å². The minimum Gasteiger partial charge on any atom is -0.382 e. The zero-order valence-corrected chi connectivity index (χ0v) is 13.9. The maximum Gasteiger partial charge on any atom is 0.244 e. The summed E-state index contributed by atoms with van der Waals surface area (Å²) in [6.45, 7) is 4.99. The van der Waals surface area contributed by atoms with Crippen LogP contribution < -0.4 is 5.32 Å². The lowest BCUT2D eigenvalue weighted by Crippen LogP contribution is -2.44. The molecule has 0 aliphatic carbocycles. The predicted molar refractivity (Wildman–Crippen MR) is 83.3 cm³/mol. The second-order valence-corrected chi connectivity index (χ2v) is 6.50. The summed E-state index contributed by atoms with van der Waals surface area (Å²) in [5.74, 6) is 0.126. The quantitative estimate of drug-likeness (QED) is 0.837. The van der Waals surface area contributed by atoms with Crippen molar-refractivity contribution in [3.8, 4) is 0 Å². The number of hydrogen-bond donors (Lipinski definition) is 1. The molecule has 0 bridgehead atoms. The highest BCUT2D eigenvalue weighted by molar-refractivity contribution is 7.10. The van der Waals surface area contributed by atoms with Crippen molar-refractivity contribution < 1.29 is 14.3 Å². The van der Waals surface area contributed by atoms with Crippen LogP contribution in [0.5, 0.6) is 0 Å². The largest absolute Gasteiger partial charge is 0.382 e. The summed E-state index contributed by atoms with van der Waals surface area (Å²) in [7, 11) is 3.29. The highest BCUT2D eigenvalue weighted by atomic mass is 32.1. The van der Waals surface area contributed by atoms with Crippen molar-refractivity contribution in [1.29, 1.82) is 0 Å². The average molecular weight is 312 g/mol. The molecule has 3 unspecified atom stereocenters. The van der Waals surface area contributed by atoms with E-state index >= 15 is 0 Å². The molecule has 1 aromatic rings. The Morgan fingerprint density at radius 2 is 2.29 bits per heavy atom. The van der Waals surface area contributed by atoms with Crippen LogP contribution >= 0.6 is 11.3 Å². The van der Waals surface area contributed by atoms with Crippen LogP contribution in [0.2, 0.25) is 0 Å². The van der Waals surface area contributed by atoms with Gasteiger partial charge in [-0.3, -0.25) is 10.1 Å². The second-order valence-electron chi connectivity index (χ2n) is 5.52. The summed E-state index contributed by atoms with van der Waals surface area (Å²) >= 11 is 1.66. The first-order valence-corrected chi connectivity index (χ1v) is 8.07. The lowest BCUT2D eigenvalue weighted by Gasteiger charge is -2.27. The van der Waals surface area contributed by atoms with Gasteiger partial charge in [0.25, 0.3) is 0 Å². The van der Waals surface area contributed by atoms with Gasteiger partial charge in [-0.05, 0) is 24.8 Å². The Kier molecular flexibility index (Phi) is 5.37. The maximum absolute atomic E-state index is 12.8. The normalized spacial score (nSPS) is 27.3. The van der Waals surface area contributed by atoms with Gasteiger partial charge in [0.1, 0.15) is 6.17 Å². The van der Waals surface area contributed by atoms with Crippen molar-refractivity contribution in [3.63, 3.8) is 0 Å². The van der Waals surface area contributed by atoms with Crippen molar-refractivity contribution in [1.82, 2.24) is 10.2 Å². The van der Waals surface area contributed by atoms with Crippen LogP contribution in [0.3, 0.4) is 0 Å². The van der Waals surface area contributed by atoms with E-state index in [4.69, 9.17) is 9.47 Å². The second kappa shape index (κ2) is 6.87. The molecule has 2 heterocycles. The van der Waals surface area contributed by atoms with Gasteiger partial charge in [0.2, 0.25) is 5.91 Å². The molecule has 1 N–H and O–H groups in total. The summed E-state index contributed by atoms with van der Waals surface area (Å²) in [6, 6.07) is 4.07. The molecule has 21 heavy (non-hydrogen) atoms. The number of methoxy groups -OCH3 is 2. The molecule has 0 aromatic carbocycles. The first kappa shape index (κ1) is 16.4. The van der Waals surface area contributed by atoms with Crippen molar-refractivity contribution in [3.05, 3.63) is 22.4 Å². The van der Waals surface area contributed by atoms with Gasteiger partial charge in [0.15, 0.2) is 0 Å². The minimum absolute atomic E-state index is 0.0862. The Morgan fingerprint density at radius 1 is 1.52 bits per heavy atom. The van der Waals surface area contributed by atoms with Crippen LogP contribution in [0.1, 0.15) is 31.3 Å². The van der Waals surface area contributed by atoms with Gasteiger partial charge < -0.3 is 14.4 Å².